The van der Waals surface area contributed by atoms with Crippen LogP contribution in [0.25, 0.3) is 0 Å². The van der Waals surface area contributed by atoms with Gasteiger partial charge < -0.3 is 19.5 Å². The minimum absolute atomic E-state index is 0.369. The number of benzene rings is 2. The minimum Gasteiger partial charge on any atom is -0.476 e. The second-order valence-electron chi connectivity index (χ2n) is 7.66. The molecule has 0 heterocycles. The molecule has 1 atom stereocenters. The molecule has 7 nitrogen and oxygen atoms in total. The van der Waals surface area contributed by atoms with Crippen molar-refractivity contribution in [3.05, 3.63) is 57.5 Å². The molecule has 2 rings (SSSR count). The van der Waals surface area contributed by atoms with Gasteiger partial charge in [0.05, 0.1) is 25.2 Å². The third-order valence-electron chi connectivity index (χ3n) is 4.88. The maximum Gasteiger partial charge on any atom is 0.321 e. The Morgan fingerprint density at radius 2 is 1.62 bits per heavy atom. The number of amides is 1. The van der Waals surface area contributed by atoms with E-state index in [1.807, 2.05) is 0 Å². The highest BCUT2D eigenvalue weighted by Crippen LogP contribution is 2.31. The first-order valence-corrected chi connectivity index (χ1v) is 11.3. The molecule has 34 heavy (non-hydrogen) atoms. The Bertz CT molecular complexity index is 1100. The average molecular weight is 551 g/mol. The summed E-state index contributed by atoms with van der Waals surface area (Å²) in [6, 6.07) is 11.7. The lowest BCUT2D eigenvalue weighted by molar-refractivity contribution is -0.159. The van der Waals surface area contributed by atoms with Crippen LogP contribution in [0.3, 0.4) is 0 Å². The Morgan fingerprint density at radius 3 is 2.12 bits per heavy atom. The van der Waals surface area contributed by atoms with Gasteiger partial charge in [-0.25, -0.2) is 0 Å². The zero-order chi connectivity index (χ0) is 25.5. The smallest absolute Gasteiger partial charge is 0.321 e. The van der Waals surface area contributed by atoms with Gasteiger partial charge in [-0.15, -0.1) is 5.92 Å². The quantitative estimate of drug-likeness (QED) is 0.284. The molecule has 1 amide bonds. The van der Waals surface area contributed by atoms with Gasteiger partial charge >= 0.3 is 11.9 Å². The number of ether oxygens (including phenoxy) is 3. The molecule has 0 bridgehead atoms. The van der Waals surface area contributed by atoms with Crippen molar-refractivity contribution in [1.29, 1.82) is 0 Å². The van der Waals surface area contributed by atoms with Crippen LogP contribution < -0.4 is 10.1 Å². The zero-order valence-corrected chi connectivity index (χ0v) is 21.7. The number of methoxy groups -OCH3 is 2. The highest BCUT2D eigenvalue weighted by molar-refractivity contribution is 9.10. The van der Waals surface area contributed by atoms with E-state index in [0.717, 1.165) is 4.47 Å². The predicted molar refractivity (Wildman–Crippen MR) is 133 cm³/mol. The second kappa shape index (κ2) is 11.9. The van der Waals surface area contributed by atoms with Crippen LogP contribution >= 0.6 is 27.5 Å². The Balaban J connectivity index is 2.22. The van der Waals surface area contributed by atoms with Crippen LogP contribution in [0.5, 0.6) is 5.75 Å². The number of anilines is 1. The molecule has 1 unspecified atom stereocenters. The molecule has 0 aromatic heterocycles. The first-order chi connectivity index (χ1) is 16.0. The van der Waals surface area contributed by atoms with Crippen LogP contribution in [0.1, 0.15) is 32.3 Å². The normalized spacial score (nSPS) is 11.6. The summed E-state index contributed by atoms with van der Waals surface area (Å²) in [6.07, 6.45) is 0. The maximum atomic E-state index is 12.9. The molecule has 2 aromatic carbocycles. The summed E-state index contributed by atoms with van der Waals surface area (Å²) in [7, 11) is 2.39. The van der Waals surface area contributed by atoms with Crippen molar-refractivity contribution >= 4 is 51.1 Å². The van der Waals surface area contributed by atoms with E-state index in [1.54, 1.807) is 63.2 Å². The van der Waals surface area contributed by atoms with Gasteiger partial charge in [0.15, 0.2) is 11.5 Å². The van der Waals surface area contributed by atoms with Crippen LogP contribution in [0, 0.1) is 17.8 Å². The van der Waals surface area contributed by atoms with Gasteiger partial charge in [0.2, 0.25) is 0 Å². The van der Waals surface area contributed by atoms with Crippen LogP contribution in [0.4, 0.5) is 5.69 Å². The minimum atomic E-state index is -1.24. The molecule has 0 aliphatic heterocycles. The van der Waals surface area contributed by atoms with Crippen LogP contribution in [0.2, 0.25) is 5.02 Å². The molecule has 0 radical (unpaired) electrons. The van der Waals surface area contributed by atoms with E-state index in [4.69, 9.17) is 25.8 Å². The Kier molecular flexibility index (Phi) is 9.54. The molecule has 0 aliphatic rings. The van der Waals surface area contributed by atoms with E-state index in [1.165, 1.54) is 14.2 Å². The topological polar surface area (TPSA) is 90.9 Å². The zero-order valence-electron chi connectivity index (χ0n) is 19.4. The van der Waals surface area contributed by atoms with Gasteiger partial charge in [-0.1, -0.05) is 45.6 Å². The highest BCUT2D eigenvalue weighted by Gasteiger charge is 2.37. The van der Waals surface area contributed by atoms with Crippen molar-refractivity contribution in [2.45, 2.75) is 32.3 Å². The summed E-state index contributed by atoms with van der Waals surface area (Å²) in [6.45, 7) is 4.85. The standard InChI is InChI=1S/C25H25BrClNO6/c1-6-7-18(21(22(29)32-4)23(30)33-5)15-8-11-17(12-9-15)28-24(31)25(2,3)34-20-13-10-16(26)14-19(20)27/h8-14,18,21H,1-5H3,(H,28,31). The molecule has 0 spiro atoms. The van der Waals surface area contributed by atoms with Gasteiger partial charge in [0, 0.05) is 10.2 Å². The fourth-order valence-corrected chi connectivity index (χ4v) is 3.78. The molecule has 0 saturated carbocycles. The van der Waals surface area contributed by atoms with E-state index in [-0.39, 0.29) is 0 Å². The number of nitrogens with one attached hydrogen (secondary N) is 1. The fraction of sp³-hybridized carbons (Fsp3) is 0.320. The maximum absolute atomic E-state index is 12.9. The Morgan fingerprint density at radius 1 is 1.03 bits per heavy atom. The molecule has 9 heteroatoms. The summed E-state index contributed by atoms with van der Waals surface area (Å²) in [4.78, 5) is 37.4. The Hall–Kier alpha value is -3.02. The molecule has 180 valence electrons. The molecule has 2 aromatic rings. The van der Waals surface area contributed by atoms with Crippen molar-refractivity contribution in [3.63, 3.8) is 0 Å². The highest BCUT2D eigenvalue weighted by atomic mass is 79.9. The number of rotatable bonds is 8. The van der Waals surface area contributed by atoms with Gasteiger partial charge in [-0.05, 0) is 56.7 Å². The lowest BCUT2D eigenvalue weighted by Crippen LogP contribution is -2.42. The Labute approximate surface area is 212 Å². The summed E-state index contributed by atoms with van der Waals surface area (Å²) >= 11 is 9.53. The van der Waals surface area contributed by atoms with Gasteiger partial charge in [-0.2, -0.15) is 0 Å². The van der Waals surface area contributed by atoms with Crippen molar-refractivity contribution in [2.75, 3.05) is 19.5 Å². The van der Waals surface area contributed by atoms with Gasteiger partial charge in [0.1, 0.15) is 5.75 Å². The third kappa shape index (κ3) is 6.75. The summed E-state index contributed by atoms with van der Waals surface area (Å²) in [5, 5.41) is 3.16. The number of carbonyl (C=O) groups excluding carboxylic acids is 3. The van der Waals surface area contributed by atoms with Gasteiger partial charge in [0.25, 0.3) is 5.91 Å². The molecular formula is C25H25BrClNO6. The lowest BCUT2D eigenvalue weighted by Gasteiger charge is -2.26. The second-order valence-corrected chi connectivity index (χ2v) is 8.98. The molecule has 0 saturated heterocycles. The van der Waals surface area contributed by atoms with Gasteiger partial charge in [-0.3, -0.25) is 14.4 Å². The number of hydrogen-bond acceptors (Lipinski definition) is 6. The van der Waals surface area contributed by atoms with Crippen LogP contribution in [-0.4, -0.2) is 37.7 Å². The largest absolute Gasteiger partial charge is 0.476 e. The van der Waals surface area contributed by atoms with Crippen molar-refractivity contribution in [3.8, 4) is 17.6 Å². The van der Waals surface area contributed by atoms with E-state index < -0.39 is 35.3 Å². The number of halogens is 2. The van der Waals surface area contributed by atoms with Crippen molar-refractivity contribution in [2.24, 2.45) is 5.92 Å². The molecule has 0 fully saturated rings. The number of carbonyl (C=O) groups is 3. The first-order valence-electron chi connectivity index (χ1n) is 10.2. The predicted octanol–water partition coefficient (Wildman–Crippen LogP) is 4.97. The summed E-state index contributed by atoms with van der Waals surface area (Å²) in [5.41, 5.74) is -0.152. The van der Waals surface area contributed by atoms with Crippen LogP contribution in [-0.2, 0) is 23.9 Å². The van der Waals surface area contributed by atoms with E-state index in [9.17, 15) is 14.4 Å². The van der Waals surface area contributed by atoms with E-state index >= 15 is 0 Å². The fourth-order valence-electron chi connectivity index (χ4n) is 3.07. The molecule has 1 N–H and O–H groups in total. The SMILES string of the molecule is CC#CC(c1ccc(NC(=O)C(C)(C)Oc2ccc(Br)cc2Cl)cc1)C(C(=O)OC)C(=O)OC. The van der Waals surface area contributed by atoms with Crippen LogP contribution in [0.15, 0.2) is 46.9 Å². The monoisotopic (exact) mass is 549 g/mol. The van der Waals surface area contributed by atoms with Crippen molar-refractivity contribution in [1.82, 2.24) is 0 Å². The van der Waals surface area contributed by atoms with Crippen molar-refractivity contribution < 1.29 is 28.6 Å². The van der Waals surface area contributed by atoms with E-state index in [0.29, 0.717) is 22.0 Å². The average Bonchev–Trinajstić information content (AvgIpc) is 2.80. The lowest BCUT2D eigenvalue weighted by atomic mass is 9.86. The number of esters is 2. The summed E-state index contributed by atoms with van der Waals surface area (Å²) in [5.74, 6) is 2.07. The molecule has 0 aliphatic carbocycles. The number of hydrogen-bond donors (Lipinski definition) is 1. The molecular weight excluding hydrogens is 526 g/mol. The van der Waals surface area contributed by atoms with E-state index in [2.05, 4.69) is 33.1 Å². The summed E-state index contributed by atoms with van der Waals surface area (Å²) < 4.78 is 16.2. The first kappa shape index (κ1) is 27.2. The third-order valence-corrected chi connectivity index (χ3v) is 5.67.